The summed E-state index contributed by atoms with van der Waals surface area (Å²) in [4.78, 5) is 25.9. The van der Waals surface area contributed by atoms with Gasteiger partial charge in [-0.2, -0.15) is 0 Å². The number of benzene rings is 1. The van der Waals surface area contributed by atoms with Crippen LogP contribution in [0, 0.1) is 5.92 Å². The molecule has 122 valence electrons. The van der Waals surface area contributed by atoms with E-state index in [2.05, 4.69) is 5.32 Å². The molecule has 2 amide bonds. The second-order valence-electron chi connectivity index (χ2n) is 5.59. The summed E-state index contributed by atoms with van der Waals surface area (Å²) in [5.41, 5.74) is 0.490. The second kappa shape index (κ2) is 9.01. The molecule has 0 bridgehead atoms. The molecule has 0 radical (unpaired) electrons. The molecule has 0 aromatic heterocycles. The normalized spacial score (nSPS) is 10.6. The molecule has 0 saturated carbocycles. The highest BCUT2D eigenvalue weighted by Gasteiger charge is 2.18. The van der Waals surface area contributed by atoms with E-state index < -0.39 is 0 Å². The van der Waals surface area contributed by atoms with Crippen LogP contribution in [0.3, 0.4) is 0 Å². The van der Waals surface area contributed by atoms with Gasteiger partial charge in [-0.1, -0.05) is 44.0 Å². The lowest BCUT2D eigenvalue weighted by Gasteiger charge is -2.22. The smallest absolute Gasteiger partial charge is 0.244 e. The van der Waals surface area contributed by atoms with Gasteiger partial charge in [0.25, 0.3) is 0 Å². The minimum Gasteiger partial charge on any atom is -0.333 e. The number of hydrogen-bond acceptors (Lipinski definition) is 2. The molecule has 0 spiro atoms. The quantitative estimate of drug-likeness (QED) is 0.804. The number of carbonyl (C=O) groups is 2. The van der Waals surface area contributed by atoms with Crippen LogP contribution in [0.4, 0.5) is 5.69 Å². The van der Waals surface area contributed by atoms with Gasteiger partial charge in [-0.25, -0.2) is 0 Å². The molecule has 0 unspecified atom stereocenters. The van der Waals surface area contributed by atoms with E-state index in [-0.39, 0.29) is 24.3 Å². The average Bonchev–Trinajstić information content (AvgIpc) is 2.40. The standard InChI is InChI=1S/C16H22Cl2N2O2/c1-4-7-20(16(22)8-11(2)3)10-15(21)19-14-6-5-12(17)9-13(14)18/h5-6,9,11H,4,7-8,10H2,1-3H3,(H,19,21). The highest BCUT2D eigenvalue weighted by Crippen LogP contribution is 2.25. The summed E-state index contributed by atoms with van der Waals surface area (Å²) in [5.74, 6) is -0.00962. The zero-order valence-corrected chi connectivity index (χ0v) is 14.7. The van der Waals surface area contributed by atoms with Crippen molar-refractivity contribution < 1.29 is 9.59 Å². The lowest BCUT2D eigenvalue weighted by Crippen LogP contribution is -2.39. The van der Waals surface area contributed by atoms with E-state index >= 15 is 0 Å². The van der Waals surface area contributed by atoms with Crippen molar-refractivity contribution in [3.63, 3.8) is 0 Å². The molecule has 0 fully saturated rings. The molecule has 0 aliphatic rings. The number of rotatable bonds is 7. The molecule has 0 heterocycles. The molecule has 0 atom stereocenters. The Hall–Kier alpha value is -1.26. The van der Waals surface area contributed by atoms with E-state index in [0.29, 0.717) is 28.7 Å². The molecule has 1 rings (SSSR count). The summed E-state index contributed by atoms with van der Waals surface area (Å²) in [6, 6.07) is 4.85. The van der Waals surface area contributed by atoms with Gasteiger partial charge in [-0.05, 0) is 30.5 Å². The molecule has 1 aromatic rings. The van der Waals surface area contributed by atoms with Gasteiger partial charge in [-0.3, -0.25) is 9.59 Å². The SMILES string of the molecule is CCCN(CC(=O)Nc1ccc(Cl)cc1Cl)C(=O)CC(C)C. The molecule has 22 heavy (non-hydrogen) atoms. The van der Waals surface area contributed by atoms with Gasteiger partial charge in [-0.15, -0.1) is 0 Å². The van der Waals surface area contributed by atoms with Crippen LogP contribution in [-0.4, -0.2) is 29.8 Å². The first-order valence-corrected chi connectivity index (χ1v) is 8.11. The van der Waals surface area contributed by atoms with Crippen molar-refractivity contribution in [2.24, 2.45) is 5.92 Å². The molecule has 6 heteroatoms. The topological polar surface area (TPSA) is 49.4 Å². The van der Waals surface area contributed by atoms with E-state index in [0.717, 1.165) is 6.42 Å². The fourth-order valence-corrected chi connectivity index (χ4v) is 2.45. The third-order valence-electron chi connectivity index (χ3n) is 2.97. The van der Waals surface area contributed by atoms with Crippen LogP contribution in [0.15, 0.2) is 18.2 Å². The Balaban J connectivity index is 2.68. The minimum absolute atomic E-state index is 0.00537. The maximum absolute atomic E-state index is 12.1. The maximum Gasteiger partial charge on any atom is 0.244 e. The fourth-order valence-electron chi connectivity index (χ4n) is 1.99. The van der Waals surface area contributed by atoms with Gasteiger partial charge < -0.3 is 10.2 Å². The Kier molecular flexibility index (Phi) is 7.69. The third-order valence-corrected chi connectivity index (χ3v) is 3.52. The van der Waals surface area contributed by atoms with E-state index in [1.165, 1.54) is 0 Å². The zero-order chi connectivity index (χ0) is 16.7. The molecule has 1 aromatic carbocycles. The minimum atomic E-state index is -0.269. The number of amides is 2. The molecular weight excluding hydrogens is 323 g/mol. The summed E-state index contributed by atoms with van der Waals surface area (Å²) in [7, 11) is 0. The Labute approximate surface area is 141 Å². The van der Waals surface area contributed by atoms with Crippen molar-refractivity contribution >= 4 is 40.7 Å². The Morgan fingerprint density at radius 3 is 2.50 bits per heavy atom. The molecule has 0 aliphatic heterocycles. The molecule has 4 nitrogen and oxygen atoms in total. The number of anilines is 1. The van der Waals surface area contributed by atoms with E-state index in [1.54, 1.807) is 23.1 Å². The van der Waals surface area contributed by atoms with Gasteiger partial charge in [0.05, 0.1) is 17.3 Å². The van der Waals surface area contributed by atoms with Gasteiger partial charge in [0.15, 0.2) is 0 Å². The third kappa shape index (κ3) is 6.24. The summed E-state index contributed by atoms with van der Waals surface area (Å²) in [6.07, 6.45) is 1.24. The largest absolute Gasteiger partial charge is 0.333 e. The lowest BCUT2D eigenvalue weighted by atomic mass is 10.1. The van der Waals surface area contributed by atoms with Crippen LogP contribution in [0.2, 0.25) is 10.0 Å². The van der Waals surface area contributed by atoms with Crippen LogP contribution >= 0.6 is 23.2 Å². The van der Waals surface area contributed by atoms with Crippen LogP contribution in [0.5, 0.6) is 0 Å². The summed E-state index contributed by atoms with van der Waals surface area (Å²) < 4.78 is 0. The number of hydrogen-bond donors (Lipinski definition) is 1. The summed E-state index contributed by atoms with van der Waals surface area (Å²) in [6.45, 7) is 6.53. The van der Waals surface area contributed by atoms with Crippen molar-refractivity contribution in [2.75, 3.05) is 18.4 Å². The Morgan fingerprint density at radius 2 is 1.95 bits per heavy atom. The molecule has 0 saturated heterocycles. The number of carbonyl (C=O) groups excluding carboxylic acids is 2. The van der Waals surface area contributed by atoms with E-state index in [4.69, 9.17) is 23.2 Å². The van der Waals surface area contributed by atoms with Crippen molar-refractivity contribution in [1.82, 2.24) is 4.90 Å². The van der Waals surface area contributed by atoms with Gasteiger partial charge in [0, 0.05) is 18.0 Å². The summed E-state index contributed by atoms with van der Waals surface area (Å²) in [5, 5.41) is 3.59. The van der Waals surface area contributed by atoms with Crippen LogP contribution in [-0.2, 0) is 9.59 Å². The first kappa shape index (κ1) is 18.8. The second-order valence-corrected chi connectivity index (χ2v) is 6.43. The summed E-state index contributed by atoms with van der Waals surface area (Å²) >= 11 is 11.8. The Morgan fingerprint density at radius 1 is 1.27 bits per heavy atom. The Bertz CT molecular complexity index is 533. The maximum atomic E-state index is 12.1. The number of nitrogens with one attached hydrogen (secondary N) is 1. The van der Waals surface area contributed by atoms with Gasteiger partial charge in [0.2, 0.25) is 11.8 Å². The monoisotopic (exact) mass is 344 g/mol. The van der Waals surface area contributed by atoms with Crippen LogP contribution < -0.4 is 5.32 Å². The van der Waals surface area contributed by atoms with E-state index in [9.17, 15) is 9.59 Å². The first-order chi connectivity index (χ1) is 10.3. The highest BCUT2D eigenvalue weighted by atomic mass is 35.5. The lowest BCUT2D eigenvalue weighted by molar-refractivity contribution is -0.135. The van der Waals surface area contributed by atoms with Crippen molar-refractivity contribution in [2.45, 2.75) is 33.6 Å². The number of nitrogens with zero attached hydrogens (tertiary/aromatic N) is 1. The van der Waals surface area contributed by atoms with Crippen LogP contribution in [0.1, 0.15) is 33.6 Å². The zero-order valence-electron chi connectivity index (χ0n) is 13.2. The predicted molar refractivity (Wildman–Crippen MR) is 91.4 cm³/mol. The van der Waals surface area contributed by atoms with Crippen molar-refractivity contribution in [3.8, 4) is 0 Å². The fraction of sp³-hybridized carbons (Fsp3) is 0.500. The molecular formula is C16H22Cl2N2O2. The average molecular weight is 345 g/mol. The highest BCUT2D eigenvalue weighted by molar-refractivity contribution is 6.36. The predicted octanol–water partition coefficient (Wildman–Crippen LogP) is 4.22. The molecule has 0 aliphatic carbocycles. The molecule has 1 N–H and O–H groups in total. The first-order valence-electron chi connectivity index (χ1n) is 7.36. The van der Waals surface area contributed by atoms with Crippen molar-refractivity contribution in [3.05, 3.63) is 28.2 Å². The van der Waals surface area contributed by atoms with E-state index in [1.807, 2.05) is 20.8 Å². The van der Waals surface area contributed by atoms with Crippen molar-refractivity contribution in [1.29, 1.82) is 0 Å². The number of halogens is 2. The van der Waals surface area contributed by atoms with Gasteiger partial charge in [0.1, 0.15) is 0 Å². The van der Waals surface area contributed by atoms with Gasteiger partial charge >= 0.3 is 0 Å². The van der Waals surface area contributed by atoms with Crippen LogP contribution in [0.25, 0.3) is 0 Å².